The van der Waals surface area contributed by atoms with Gasteiger partial charge in [-0.15, -0.1) is 0 Å². The standard InChI is InChI=1S/C21H18BrNO2/c1-15-2-10-19(11-3-15)25-20-12-8-18(9-13-20)23-21(24)14-16-4-6-17(22)7-5-16/h2-13H,14H2,1H3,(H,23,24). The van der Waals surface area contributed by atoms with Gasteiger partial charge in [0.05, 0.1) is 6.42 Å². The fourth-order valence-electron chi connectivity index (χ4n) is 2.34. The minimum atomic E-state index is -0.0467. The van der Waals surface area contributed by atoms with Crippen LogP contribution in [0.25, 0.3) is 0 Å². The van der Waals surface area contributed by atoms with Gasteiger partial charge < -0.3 is 10.1 Å². The van der Waals surface area contributed by atoms with Gasteiger partial charge in [-0.1, -0.05) is 45.8 Å². The number of rotatable bonds is 5. The van der Waals surface area contributed by atoms with E-state index in [9.17, 15) is 4.79 Å². The average molecular weight is 396 g/mol. The minimum absolute atomic E-state index is 0.0467. The van der Waals surface area contributed by atoms with Gasteiger partial charge in [0.15, 0.2) is 0 Å². The number of benzene rings is 3. The molecule has 0 aliphatic heterocycles. The van der Waals surface area contributed by atoms with Crippen LogP contribution in [0.5, 0.6) is 11.5 Å². The monoisotopic (exact) mass is 395 g/mol. The predicted octanol–water partition coefficient (Wildman–Crippen LogP) is 5.73. The molecule has 1 N–H and O–H groups in total. The van der Waals surface area contributed by atoms with Crippen LogP contribution in [0, 0.1) is 6.92 Å². The fourth-order valence-corrected chi connectivity index (χ4v) is 2.61. The van der Waals surface area contributed by atoms with Crippen molar-refractivity contribution < 1.29 is 9.53 Å². The van der Waals surface area contributed by atoms with Crippen molar-refractivity contribution in [2.45, 2.75) is 13.3 Å². The highest BCUT2D eigenvalue weighted by Gasteiger charge is 2.05. The Balaban J connectivity index is 1.57. The van der Waals surface area contributed by atoms with Gasteiger partial charge in [-0.25, -0.2) is 0 Å². The number of amides is 1. The zero-order chi connectivity index (χ0) is 17.6. The Morgan fingerprint density at radius 1 is 0.880 bits per heavy atom. The molecule has 1 amide bonds. The molecule has 0 aliphatic rings. The van der Waals surface area contributed by atoms with Gasteiger partial charge in [0.1, 0.15) is 11.5 Å². The molecule has 0 unspecified atom stereocenters. The second-order valence-electron chi connectivity index (χ2n) is 5.79. The molecule has 25 heavy (non-hydrogen) atoms. The minimum Gasteiger partial charge on any atom is -0.457 e. The van der Waals surface area contributed by atoms with E-state index in [1.165, 1.54) is 5.56 Å². The van der Waals surface area contributed by atoms with E-state index in [2.05, 4.69) is 21.2 Å². The van der Waals surface area contributed by atoms with Gasteiger partial charge in [-0.3, -0.25) is 4.79 Å². The molecule has 0 bridgehead atoms. The first-order valence-corrected chi connectivity index (χ1v) is 8.77. The molecule has 4 heteroatoms. The summed E-state index contributed by atoms with van der Waals surface area (Å²) in [6.45, 7) is 2.04. The largest absolute Gasteiger partial charge is 0.457 e. The zero-order valence-electron chi connectivity index (χ0n) is 13.8. The molecule has 3 nitrogen and oxygen atoms in total. The maximum Gasteiger partial charge on any atom is 0.228 e. The normalized spacial score (nSPS) is 10.3. The summed E-state index contributed by atoms with van der Waals surface area (Å²) in [4.78, 5) is 12.1. The van der Waals surface area contributed by atoms with Crippen molar-refractivity contribution in [1.29, 1.82) is 0 Å². The fraction of sp³-hybridized carbons (Fsp3) is 0.0952. The first-order valence-electron chi connectivity index (χ1n) is 7.97. The highest BCUT2D eigenvalue weighted by atomic mass is 79.9. The lowest BCUT2D eigenvalue weighted by Crippen LogP contribution is -2.14. The second kappa shape index (κ2) is 7.99. The van der Waals surface area contributed by atoms with Crippen LogP contribution in [0.4, 0.5) is 5.69 Å². The first kappa shape index (κ1) is 17.2. The van der Waals surface area contributed by atoms with Gasteiger partial charge in [0.25, 0.3) is 0 Å². The van der Waals surface area contributed by atoms with Crippen molar-refractivity contribution in [2.75, 3.05) is 5.32 Å². The van der Waals surface area contributed by atoms with Crippen LogP contribution >= 0.6 is 15.9 Å². The Labute approximate surface area is 155 Å². The molecule has 0 aliphatic carbocycles. The first-order chi connectivity index (χ1) is 12.1. The summed E-state index contributed by atoms with van der Waals surface area (Å²) >= 11 is 3.39. The van der Waals surface area contributed by atoms with E-state index in [1.807, 2.05) is 79.7 Å². The van der Waals surface area contributed by atoms with E-state index >= 15 is 0 Å². The Morgan fingerprint density at radius 3 is 2.04 bits per heavy atom. The third-order valence-corrected chi connectivity index (χ3v) is 4.20. The van der Waals surface area contributed by atoms with Gasteiger partial charge in [0.2, 0.25) is 5.91 Å². The van der Waals surface area contributed by atoms with Crippen molar-refractivity contribution in [3.8, 4) is 11.5 Å². The average Bonchev–Trinajstić information content (AvgIpc) is 2.61. The number of carbonyl (C=O) groups is 1. The molecule has 3 rings (SSSR count). The van der Waals surface area contributed by atoms with Crippen LogP contribution in [-0.4, -0.2) is 5.91 Å². The van der Waals surface area contributed by atoms with Crippen LogP contribution in [0.2, 0.25) is 0 Å². The van der Waals surface area contributed by atoms with Crippen molar-refractivity contribution in [3.63, 3.8) is 0 Å². The highest BCUT2D eigenvalue weighted by molar-refractivity contribution is 9.10. The number of anilines is 1. The molecule has 0 radical (unpaired) electrons. The number of hydrogen-bond donors (Lipinski definition) is 1. The number of hydrogen-bond acceptors (Lipinski definition) is 2. The molecule has 0 saturated heterocycles. The number of carbonyl (C=O) groups excluding carboxylic acids is 1. The van der Waals surface area contributed by atoms with Crippen LogP contribution in [0.1, 0.15) is 11.1 Å². The molecule has 0 atom stereocenters. The van der Waals surface area contributed by atoms with E-state index in [0.29, 0.717) is 6.42 Å². The van der Waals surface area contributed by atoms with Crippen LogP contribution < -0.4 is 10.1 Å². The highest BCUT2D eigenvalue weighted by Crippen LogP contribution is 2.23. The molecular weight excluding hydrogens is 378 g/mol. The van der Waals surface area contributed by atoms with Crippen LogP contribution in [-0.2, 0) is 11.2 Å². The molecule has 3 aromatic carbocycles. The summed E-state index contributed by atoms with van der Waals surface area (Å²) in [5, 5.41) is 2.90. The number of ether oxygens (including phenoxy) is 1. The summed E-state index contributed by atoms with van der Waals surface area (Å²) in [6, 6.07) is 23.0. The second-order valence-corrected chi connectivity index (χ2v) is 6.71. The molecule has 0 saturated carbocycles. The Hall–Kier alpha value is -2.59. The Bertz CT molecular complexity index is 841. The predicted molar refractivity (Wildman–Crippen MR) is 104 cm³/mol. The van der Waals surface area contributed by atoms with Crippen molar-refractivity contribution in [3.05, 3.63) is 88.4 Å². The van der Waals surface area contributed by atoms with Gasteiger partial charge in [-0.2, -0.15) is 0 Å². The summed E-state index contributed by atoms with van der Waals surface area (Å²) in [6.07, 6.45) is 0.342. The molecule has 0 heterocycles. The summed E-state index contributed by atoms with van der Waals surface area (Å²) < 4.78 is 6.78. The molecule has 3 aromatic rings. The Kier molecular flexibility index (Phi) is 5.51. The van der Waals surface area contributed by atoms with E-state index in [0.717, 1.165) is 27.2 Å². The van der Waals surface area contributed by atoms with Gasteiger partial charge in [-0.05, 0) is 61.0 Å². The topological polar surface area (TPSA) is 38.3 Å². The van der Waals surface area contributed by atoms with E-state index in [1.54, 1.807) is 0 Å². The zero-order valence-corrected chi connectivity index (χ0v) is 15.4. The lowest BCUT2D eigenvalue weighted by atomic mass is 10.1. The number of halogens is 1. The maximum absolute atomic E-state index is 12.1. The van der Waals surface area contributed by atoms with Gasteiger partial charge >= 0.3 is 0 Å². The van der Waals surface area contributed by atoms with Crippen LogP contribution in [0.15, 0.2) is 77.3 Å². The third-order valence-electron chi connectivity index (χ3n) is 3.67. The van der Waals surface area contributed by atoms with E-state index in [-0.39, 0.29) is 5.91 Å². The molecule has 0 fully saturated rings. The smallest absolute Gasteiger partial charge is 0.228 e. The summed E-state index contributed by atoms with van der Waals surface area (Å²) in [7, 11) is 0. The van der Waals surface area contributed by atoms with Crippen LogP contribution in [0.3, 0.4) is 0 Å². The van der Waals surface area contributed by atoms with Gasteiger partial charge in [0, 0.05) is 10.2 Å². The van der Waals surface area contributed by atoms with Crippen molar-refractivity contribution in [2.24, 2.45) is 0 Å². The lowest BCUT2D eigenvalue weighted by Gasteiger charge is -2.08. The maximum atomic E-state index is 12.1. The summed E-state index contributed by atoms with van der Waals surface area (Å²) in [5.74, 6) is 1.47. The van der Waals surface area contributed by atoms with Crippen molar-refractivity contribution in [1.82, 2.24) is 0 Å². The molecule has 126 valence electrons. The van der Waals surface area contributed by atoms with Crippen molar-refractivity contribution >= 4 is 27.5 Å². The number of nitrogens with one attached hydrogen (secondary N) is 1. The SMILES string of the molecule is Cc1ccc(Oc2ccc(NC(=O)Cc3ccc(Br)cc3)cc2)cc1. The summed E-state index contributed by atoms with van der Waals surface area (Å²) in [5.41, 5.74) is 2.91. The third kappa shape index (κ3) is 5.19. The number of aryl methyl sites for hydroxylation is 1. The Morgan fingerprint density at radius 2 is 1.44 bits per heavy atom. The van der Waals surface area contributed by atoms with E-state index < -0.39 is 0 Å². The molecule has 0 spiro atoms. The quantitative estimate of drug-likeness (QED) is 0.598. The molecular formula is C21H18BrNO2. The lowest BCUT2D eigenvalue weighted by molar-refractivity contribution is -0.115. The van der Waals surface area contributed by atoms with E-state index in [4.69, 9.17) is 4.74 Å². The molecule has 0 aromatic heterocycles.